The van der Waals surface area contributed by atoms with Gasteiger partial charge in [-0.3, -0.25) is 4.99 Å². The van der Waals surface area contributed by atoms with Crippen molar-refractivity contribution in [1.82, 2.24) is 15.6 Å². The number of nitrogens with one attached hydrogen (secondary N) is 2. The van der Waals surface area contributed by atoms with Gasteiger partial charge < -0.3 is 10.6 Å². The number of aryl methyl sites for hydroxylation is 2. The average molecular weight is 476 g/mol. The van der Waals surface area contributed by atoms with Crippen molar-refractivity contribution in [1.29, 1.82) is 0 Å². The van der Waals surface area contributed by atoms with Gasteiger partial charge in [0.05, 0.1) is 5.01 Å². The minimum Gasteiger partial charge on any atom is -0.357 e. The Morgan fingerprint density at radius 3 is 2.80 bits per heavy atom. The van der Waals surface area contributed by atoms with E-state index in [0.717, 1.165) is 56.1 Å². The molecule has 4 nitrogen and oxygen atoms in total. The topological polar surface area (TPSA) is 49.3 Å². The van der Waals surface area contributed by atoms with Crippen molar-refractivity contribution in [3.63, 3.8) is 0 Å². The summed E-state index contributed by atoms with van der Waals surface area (Å²) in [5.41, 5.74) is 2.07. The highest BCUT2D eigenvalue weighted by atomic mass is 127. The zero-order valence-corrected chi connectivity index (χ0v) is 17.9. The molecule has 0 atom stereocenters. The van der Waals surface area contributed by atoms with Crippen molar-refractivity contribution in [3.05, 3.63) is 51.7 Å². The molecule has 2 aromatic rings. The molecule has 0 saturated carbocycles. The van der Waals surface area contributed by atoms with Crippen LogP contribution in [0.25, 0.3) is 0 Å². The molecule has 0 radical (unpaired) electrons. The predicted molar refractivity (Wildman–Crippen MR) is 115 cm³/mol. The molecular formula is C18H26FIN4S. The third-order valence-corrected chi connectivity index (χ3v) is 4.45. The first-order valence-electron chi connectivity index (χ1n) is 8.35. The highest BCUT2D eigenvalue weighted by Crippen LogP contribution is 2.10. The Hall–Kier alpha value is -1.22. The van der Waals surface area contributed by atoms with E-state index < -0.39 is 0 Å². The van der Waals surface area contributed by atoms with E-state index in [1.54, 1.807) is 23.5 Å². The lowest BCUT2D eigenvalue weighted by atomic mass is 10.1. The lowest BCUT2D eigenvalue weighted by Gasteiger charge is -2.11. The molecule has 0 aliphatic heterocycles. The molecular weight excluding hydrogens is 450 g/mol. The van der Waals surface area contributed by atoms with E-state index in [-0.39, 0.29) is 29.8 Å². The number of aromatic nitrogens is 1. The SMILES string of the molecule is CCNC(=NCCCc1nc(C)cs1)NCCc1cccc(F)c1.I. The van der Waals surface area contributed by atoms with Gasteiger partial charge in [0.1, 0.15) is 5.82 Å². The third kappa shape index (κ3) is 8.62. The fraction of sp³-hybridized carbons (Fsp3) is 0.444. The monoisotopic (exact) mass is 476 g/mol. The number of hydrogen-bond donors (Lipinski definition) is 2. The number of guanidine groups is 1. The van der Waals surface area contributed by atoms with Crippen molar-refractivity contribution in [2.45, 2.75) is 33.1 Å². The number of benzene rings is 1. The largest absolute Gasteiger partial charge is 0.357 e. The Bertz CT molecular complexity index is 660. The lowest BCUT2D eigenvalue weighted by molar-refractivity contribution is 0.625. The van der Waals surface area contributed by atoms with E-state index in [1.807, 2.05) is 19.9 Å². The zero-order valence-electron chi connectivity index (χ0n) is 14.7. The van der Waals surface area contributed by atoms with Crippen LogP contribution >= 0.6 is 35.3 Å². The van der Waals surface area contributed by atoms with Crippen LogP contribution in [0.2, 0.25) is 0 Å². The van der Waals surface area contributed by atoms with E-state index in [1.165, 1.54) is 11.1 Å². The van der Waals surface area contributed by atoms with Gasteiger partial charge in [0.25, 0.3) is 0 Å². The van der Waals surface area contributed by atoms with Crippen molar-refractivity contribution in [2.75, 3.05) is 19.6 Å². The van der Waals surface area contributed by atoms with Crippen molar-refractivity contribution in [2.24, 2.45) is 4.99 Å². The maximum Gasteiger partial charge on any atom is 0.191 e. The third-order valence-electron chi connectivity index (χ3n) is 3.42. The Morgan fingerprint density at radius 1 is 1.28 bits per heavy atom. The van der Waals surface area contributed by atoms with E-state index >= 15 is 0 Å². The van der Waals surface area contributed by atoms with Gasteiger partial charge in [0.2, 0.25) is 0 Å². The van der Waals surface area contributed by atoms with Crippen LogP contribution in [0.3, 0.4) is 0 Å². The number of aliphatic imine (C=N–C) groups is 1. The molecule has 1 aromatic carbocycles. The number of halogens is 2. The van der Waals surface area contributed by atoms with Crippen LogP contribution in [-0.4, -0.2) is 30.6 Å². The van der Waals surface area contributed by atoms with E-state index in [4.69, 9.17) is 0 Å². The van der Waals surface area contributed by atoms with Gasteiger partial charge in [-0.15, -0.1) is 35.3 Å². The summed E-state index contributed by atoms with van der Waals surface area (Å²) in [6.07, 6.45) is 2.71. The molecule has 0 aliphatic carbocycles. The Labute approximate surface area is 170 Å². The molecule has 7 heteroatoms. The zero-order chi connectivity index (χ0) is 17.2. The molecule has 0 saturated heterocycles. The number of rotatable bonds is 8. The molecule has 0 bridgehead atoms. The van der Waals surface area contributed by atoms with Gasteiger partial charge in [0.15, 0.2) is 5.96 Å². The summed E-state index contributed by atoms with van der Waals surface area (Å²) in [5.74, 6) is 0.620. The molecule has 0 amide bonds. The smallest absolute Gasteiger partial charge is 0.191 e. The first-order valence-corrected chi connectivity index (χ1v) is 9.23. The van der Waals surface area contributed by atoms with Gasteiger partial charge in [-0.1, -0.05) is 12.1 Å². The molecule has 138 valence electrons. The second-order valence-corrected chi connectivity index (χ2v) is 6.50. The van der Waals surface area contributed by atoms with Crippen molar-refractivity contribution in [3.8, 4) is 0 Å². The summed E-state index contributed by atoms with van der Waals surface area (Å²) in [7, 11) is 0. The summed E-state index contributed by atoms with van der Waals surface area (Å²) < 4.78 is 13.2. The molecule has 2 N–H and O–H groups in total. The number of hydrogen-bond acceptors (Lipinski definition) is 3. The van der Waals surface area contributed by atoms with Crippen LogP contribution in [-0.2, 0) is 12.8 Å². The van der Waals surface area contributed by atoms with Gasteiger partial charge in [-0.05, 0) is 44.4 Å². The Morgan fingerprint density at radius 2 is 2.12 bits per heavy atom. The molecule has 0 unspecified atom stereocenters. The van der Waals surface area contributed by atoms with E-state index in [9.17, 15) is 4.39 Å². The van der Waals surface area contributed by atoms with Crippen LogP contribution in [0, 0.1) is 12.7 Å². The minimum absolute atomic E-state index is 0. The predicted octanol–water partition coefficient (Wildman–Crippen LogP) is 3.94. The summed E-state index contributed by atoms with van der Waals surface area (Å²) in [6.45, 7) is 6.36. The molecule has 0 aliphatic rings. The summed E-state index contributed by atoms with van der Waals surface area (Å²) in [4.78, 5) is 9.04. The fourth-order valence-electron chi connectivity index (χ4n) is 2.30. The summed E-state index contributed by atoms with van der Waals surface area (Å²) >= 11 is 1.71. The number of nitrogens with zero attached hydrogens (tertiary/aromatic N) is 2. The second kappa shape index (κ2) is 12.2. The van der Waals surface area contributed by atoms with Crippen molar-refractivity contribution >= 4 is 41.3 Å². The Kier molecular flexibility index (Phi) is 10.6. The normalized spacial score (nSPS) is 11.1. The van der Waals surface area contributed by atoms with Crippen LogP contribution in [0.1, 0.15) is 29.6 Å². The molecule has 0 spiro atoms. The van der Waals surface area contributed by atoms with Crippen LogP contribution < -0.4 is 10.6 Å². The maximum absolute atomic E-state index is 13.2. The van der Waals surface area contributed by atoms with Crippen LogP contribution in [0.4, 0.5) is 4.39 Å². The van der Waals surface area contributed by atoms with E-state index in [0.29, 0.717) is 0 Å². The van der Waals surface area contributed by atoms with E-state index in [2.05, 4.69) is 26.0 Å². The Balaban J connectivity index is 0.00000312. The van der Waals surface area contributed by atoms with Gasteiger partial charge >= 0.3 is 0 Å². The van der Waals surface area contributed by atoms with Gasteiger partial charge in [-0.2, -0.15) is 0 Å². The lowest BCUT2D eigenvalue weighted by Crippen LogP contribution is -2.38. The summed E-state index contributed by atoms with van der Waals surface area (Å²) in [6, 6.07) is 6.71. The standard InChI is InChI=1S/C18H25FN4S.HI/c1-3-20-18(21-10-5-8-17-23-14(2)13-24-17)22-11-9-15-6-4-7-16(19)12-15;/h4,6-7,12-13H,3,5,8-11H2,1-2H3,(H2,20,21,22);1H. The molecule has 1 heterocycles. The van der Waals surface area contributed by atoms with Gasteiger partial charge in [0, 0.05) is 37.1 Å². The molecule has 0 fully saturated rings. The van der Waals surface area contributed by atoms with Crippen molar-refractivity contribution < 1.29 is 4.39 Å². The summed E-state index contributed by atoms with van der Waals surface area (Å²) in [5, 5.41) is 9.78. The van der Waals surface area contributed by atoms with Crippen LogP contribution in [0.5, 0.6) is 0 Å². The number of thiazole rings is 1. The van der Waals surface area contributed by atoms with Gasteiger partial charge in [-0.25, -0.2) is 9.37 Å². The van der Waals surface area contributed by atoms with Crippen LogP contribution in [0.15, 0.2) is 34.6 Å². The molecule has 1 aromatic heterocycles. The fourth-order valence-corrected chi connectivity index (χ4v) is 3.12. The average Bonchev–Trinajstić information content (AvgIpc) is 2.97. The maximum atomic E-state index is 13.2. The first kappa shape index (κ1) is 21.8. The first-order chi connectivity index (χ1) is 11.7. The molecule has 25 heavy (non-hydrogen) atoms. The highest BCUT2D eigenvalue weighted by Gasteiger charge is 2.00. The molecule has 2 rings (SSSR count). The minimum atomic E-state index is -0.189. The quantitative estimate of drug-likeness (QED) is 0.263. The second-order valence-electron chi connectivity index (χ2n) is 5.55. The highest BCUT2D eigenvalue weighted by molar-refractivity contribution is 14.0.